The molecule has 18 heavy (non-hydrogen) atoms. The van der Waals surface area contributed by atoms with E-state index in [-0.39, 0.29) is 11.1 Å². The van der Waals surface area contributed by atoms with Gasteiger partial charge in [0.2, 0.25) is 0 Å². The second kappa shape index (κ2) is 4.96. The number of primary amides is 1. The smallest absolute Gasteiger partial charge is 0.261 e. The lowest BCUT2D eigenvalue weighted by molar-refractivity contribution is 0.0997. The standard InChI is InChI=1S/C14H20N2O2/c1-8(2)7-11-9-5-3-4-6-10(9)12(13(15)17)14(18)16-11/h8H,3-7H2,1-2H3,(H2,15,17)(H,16,18). The van der Waals surface area contributed by atoms with E-state index >= 15 is 0 Å². The van der Waals surface area contributed by atoms with Gasteiger partial charge in [0.25, 0.3) is 11.5 Å². The van der Waals surface area contributed by atoms with Crippen molar-refractivity contribution in [1.29, 1.82) is 0 Å². The fraction of sp³-hybridized carbons (Fsp3) is 0.571. The first-order valence-electron chi connectivity index (χ1n) is 6.57. The summed E-state index contributed by atoms with van der Waals surface area (Å²) in [7, 11) is 0. The summed E-state index contributed by atoms with van der Waals surface area (Å²) in [5.41, 5.74) is 8.24. The van der Waals surface area contributed by atoms with Crippen LogP contribution < -0.4 is 11.3 Å². The van der Waals surface area contributed by atoms with Gasteiger partial charge in [0.15, 0.2) is 0 Å². The van der Waals surface area contributed by atoms with E-state index < -0.39 is 5.91 Å². The van der Waals surface area contributed by atoms with E-state index in [1.165, 1.54) is 0 Å². The summed E-state index contributed by atoms with van der Waals surface area (Å²) in [5.74, 6) is -0.128. The third kappa shape index (κ3) is 2.33. The molecule has 4 heteroatoms. The Balaban J connectivity index is 2.62. The molecule has 0 saturated carbocycles. The molecule has 98 valence electrons. The number of rotatable bonds is 3. The highest BCUT2D eigenvalue weighted by molar-refractivity contribution is 5.94. The Hall–Kier alpha value is -1.58. The van der Waals surface area contributed by atoms with Crippen LogP contribution in [0, 0.1) is 5.92 Å². The van der Waals surface area contributed by atoms with E-state index in [0.29, 0.717) is 5.92 Å². The molecule has 2 rings (SSSR count). The average Bonchev–Trinajstić information content (AvgIpc) is 2.27. The molecule has 0 bridgehead atoms. The number of amides is 1. The molecular weight excluding hydrogens is 228 g/mol. The summed E-state index contributed by atoms with van der Waals surface area (Å²) >= 11 is 0. The van der Waals surface area contributed by atoms with E-state index in [4.69, 9.17) is 5.73 Å². The highest BCUT2D eigenvalue weighted by atomic mass is 16.2. The van der Waals surface area contributed by atoms with Crippen LogP contribution in [0.2, 0.25) is 0 Å². The summed E-state index contributed by atoms with van der Waals surface area (Å²) in [4.78, 5) is 26.3. The van der Waals surface area contributed by atoms with Crippen molar-refractivity contribution in [2.45, 2.75) is 46.0 Å². The Labute approximate surface area is 107 Å². The first-order chi connectivity index (χ1) is 8.50. The van der Waals surface area contributed by atoms with Gasteiger partial charge >= 0.3 is 0 Å². The van der Waals surface area contributed by atoms with Gasteiger partial charge < -0.3 is 10.7 Å². The van der Waals surface area contributed by atoms with Gasteiger partial charge in [-0.25, -0.2) is 0 Å². The number of aromatic amines is 1. The van der Waals surface area contributed by atoms with Crippen LogP contribution in [0.15, 0.2) is 4.79 Å². The molecule has 1 heterocycles. The first-order valence-corrected chi connectivity index (χ1v) is 6.57. The molecule has 0 atom stereocenters. The Bertz CT molecular complexity index is 529. The second-order valence-electron chi connectivity index (χ2n) is 5.43. The Kier molecular flexibility index (Phi) is 3.55. The number of hydrogen-bond acceptors (Lipinski definition) is 2. The van der Waals surface area contributed by atoms with Crippen molar-refractivity contribution in [3.05, 3.63) is 32.7 Å². The van der Waals surface area contributed by atoms with Crippen LogP contribution in [0.4, 0.5) is 0 Å². The molecule has 1 aromatic heterocycles. The van der Waals surface area contributed by atoms with Gasteiger partial charge in [0.1, 0.15) is 5.56 Å². The van der Waals surface area contributed by atoms with Crippen LogP contribution in [0.1, 0.15) is 53.9 Å². The van der Waals surface area contributed by atoms with Crippen molar-refractivity contribution in [2.24, 2.45) is 11.7 Å². The highest BCUT2D eigenvalue weighted by Crippen LogP contribution is 2.25. The number of nitrogens with one attached hydrogen (secondary N) is 1. The maximum atomic E-state index is 12.0. The Morgan fingerprint density at radius 3 is 2.44 bits per heavy atom. The first kappa shape index (κ1) is 12.9. The Morgan fingerprint density at radius 1 is 1.28 bits per heavy atom. The number of carbonyl (C=O) groups excluding carboxylic acids is 1. The minimum absolute atomic E-state index is 0.178. The van der Waals surface area contributed by atoms with E-state index in [1.807, 2.05) is 0 Å². The van der Waals surface area contributed by atoms with Crippen molar-refractivity contribution in [1.82, 2.24) is 4.98 Å². The minimum atomic E-state index is -0.606. The predicted octanol–water partition coefficient (Wildman–Crippen LogP) is 1.55. The van der Waals surface area contributed by atoms with Crippen LogP contribution in [0.3, 0.4) is 0 Å². The summed E-state index contributed by atoms with van der Waals surface area (Å²) in [6.45, 7) is 4.24. The van der Waals surface area contributed by atoms with E-state index in [9.17, 15) is 9.59 Å². The van der Waals surface area contributed by atoms with Gasteiger partial charge in [-0.15, -0.1) is 0 Å². The maximum Gasteiger partial charge on any atom is 0.261 e. The van der Waals surface area contributed by atoms with Crippen molar-refractivity contribution in [3.63, 3.8) is 0 Å². The largest absolute Gasteiger partial charge is 0.365 e. The SMILES string of the molecule is CC(C)Cc1[nH]c(=O)c(C(N)=O)c2c1CCCC2. The zero-order valence-corrected chi connectivity index (χ0v) is 11.0. The lowest BCUT2D eigenvalue weighted by atomic mass is 9.86. The number of nitrogens with two attached hydrogens (primary N) is 1. The quantitative estimate of drug-likeness (QED) is 0.851. The molecule has 4 nitrogen and oxygen atoms in total. The Morgan fingerprint density at radius 2 is 1.89 bits per heavy atom. The molecule has 0 aliphatic heterocycles. The predicted molar refractivity (Wildman–Crippen MR) is 70.8 cm³/mol. The van der Waals surface area contributed by atoms with Crippen LogP contribution in [-0.2, 0) is 19.3 Å². The fourth-order valence-electron chi connectivity index (χ4n) is 2.77. The molecule has 1 aliphatic rings. The van der Waals surface area contributed by atoms with Gasteiger partial charge in [-0.1, -0.05) is 13.8 Å². The lowest BCUT2D eigenvalue weighted by Crippen LogP contribution is -2.30. The van der Waals surface area contributed by atoms with Crippen molar-refractivity contribution >= 4 is 5.91 Å². The molecule has 1 aliphatic carbocycles. The second-order valence-corrected chi connectivity index (χ2v) is 5.43. The van der Waals surface area contributed by atoms with Gasteiger partial charge in [0, 0.05) is 5.69 Å². The lowest BCUT2D eigenvalue weighted by Gasteiger charge is -2.21. The molecular formula is C14H20N2O2. The number of H-pyrrole nitrogens is 1. The van der Waals surface area contributed by atoms with Crippen LogP contribution >= 0.6 is 0 Å². The van der Waals surface area contributed by atoms with Gasteiger partial charge in [-0.05, 0) is 49.1 Å². The molecule has 0 unspecified atom stereocenters. The third-order valence-corrected chi connectivity index (χ3v) is 3.48. The monoisotopic (exact) mass is 248 g/mol. The maximum absolute atomic E-state index is 12.0. The normalized spacial score (nSPS) is 14.6. The van der Waals surface area contributed by atoms with Gasteiger partial charge in [0.05, 0.1) is 0 Å². The van der Waals surface area contributed by atoms with E-state index in [2.05, 4.69) is 18.8 Å². The highest BCUT2D eigenvalue weighted by Gasteiger charge is 2.23. The number of carbonyl (C=O) groups is 1. The topological polar surface area (TPSA) is 75.9 Å². The summed E-state index contributed by atoms with van der Waals surface area (Å²) in [6, 6.07) is 0. The molecule has 3 N–H and O–H groups in total. The van der Waals surface area contributed by atoms with Crippen molar-refractivity contribution in [2.75, 3.05) is 0 Å². The van der Waals surface area contributed by atoms with Crippen molar-refractivity contribution < 1.29 is 4.79 Å². The van der Waals surface area contributed by atoms with Crippen molar-refractivity contribution in [3.8, 4) is 0 Å². The zero-order valence-electron chi connectivity index (χ0n) is 11.0. The molecule has 1 aromatic rings. The summed E-state index contributed by atoms with van der Waals surface area (Å²) in [6.07, 6.45) is 4.72. The van der Waals surface area contributed by atoms with E-state index in [0.717, 1.165) is 48.9 Å². The van der Waals surface area contributed by atoms with E-state index in [1.54, 1.807) is 0 Å². The molecule has 0 spiro atoms. The number of aromatic nitrogens is 1. The molecule has 0 aromatic carbocycles. The molecule has 0 saturated heterocycles. The molecule has 1 amide bonds. The fourth-order valence-corrected chi connectivity index (χ4v) is 2.77. The summed E-state index contributed by atoms with van der Waals surface area (Å²) < 4.78 is 0. The average molecular weight is 248 g/mol. The molecule has 0 radical (unpaired) electrons. The summed E-state index contributed by atoms with van der Waals surface area (Å²) in [5, 5.41) is 0. The van der Waals surface area contributed by atoms with Crippen LogP contribution in [-0.4, -0.2) is 10.9 Å². The van der Waals surface area contributed by atoms with Crippen LogP contribution in [0.25, 0.3) is 0 Å². The zero-order chi connectivity index (χ0) is 13.3. The van der Waals surface area contributed by atoms with Gasteiger partial charge in [-0.3, -0.25) is 9.59 Å². The number of fused-ring (bicyclic) bond motifs is 1. The molecule has 0 fully saturated rings. The minimum Gasteiger partial charge on any atom is -0.365 e. The number of pyridine rings is 1. The third-order valence-electron chi connectivity index (χ3n) is 3.48. The van der Waals surface area contributed by atoms with Crippen LogP contribution in [0.5, 0.6) is 0 Å². The van der Waals surface area contributed by atoms with Gasteiger partial charge in [-0.2, -0.15) is 0 Å². The number of hydrogen-bond donors (Lipinski definition) is 2.